The number of carbonyl (C=O) groups is 1. The van der Waals surface area contributed by atoms with Crippen LogP contribution in [0, 0.1) is 5.82 Å². The maximum Gasteiger partial charge on any atom is 0.264 e. The Hall–Kier alpha value is -1.18. The molecule has 0 saturated heterocycles. The van der Waals surface area contributed by atoms with Crippen LogP contribution in [-0.2, 0) is 13.8 Å². The number of hydrogen-bond acceptors (Lipinski definition) is 4. The van der Waals surface area contributed by atoms with Gasteiger partial charge in [0.2, 0.25) is 0 Å². The van der Waals surface area contributed by atoms with E-state index < -0.39 is 25.7 Å². The highest BCUT2D eigenvalue weighted by Gasteiger charge is 2.18. The second-order valence-electron chi connectivity index (χ2n) is 4.04. The Kier molecular flexibility index (Phi) is 6.38. The highest BCUT2D eigenvalue weighted by atomic mass is 35.7. The predicted molar refractivity (Wildman–Crippen MR) is 72.9 cm³/mol. The normalized spacial score (nSPS) is 11.3. The molecule has 0 radical (unpaired) electrons. The summed E-state index contributed by atoms with van der Waals surface area (Å²) in [5, 5.41) is 2.60. The molecule has 8 heteroatoms. The summed E-state index contributed by atoms with van der Waals surface area (Å²) < 4.78 is 40.5. The Balaban J connectivity index is 2.70. The molecule has 0 aliphatic carbocycles. The van der Waals surface area contributed by atoms with Gasteiger partial charge in [-0.2, -0.15) is 0 Å². The van der Waals surface area contributed by atoms with Crippen LogP contribution in [-0.4, -0.2) is 34.6 Å². The van der Waals surface area contributed by atoms with Crippen LogP contribution in [0.15, 0.2) is 23.1 Å². The van der Waals surface area contributed by atoms with Crippen molar-refractivity contribution in [1.82, 2.24) is 5.32 Å². The maximum absolute atomic E-state index is 13.3. The second-order valence-corrected chi connectivity index (χ2v) is 6.57. The van der Waals surface area contributed by atoms with Gasteiger partial charge in [0.1, 0.15) is 10.7 Å². The average molecular weight is 324 g/mol. The molecule has 5 nitrogen and oxygen atoms in total. The van der Waals surface area contributed by atoms with Crippen molar-refractivity contribution >= 4 is 25.6 Å². The lowest BCUT2D eigenvalue weighted by Crippen LogP contribution is -2.24. The van der Waals surface area contributed by atoms with Gasteiger partial charge in [-0.1, -0.05) is 0 Å². The zero-order valence-electron chi connectivity index (χ0n) is 10.9. The summed E-state index contributed by atoms with van der Waals surface area (Å²) in [6, 6.07) is 3.02. The van der Waals surface area contributed by atoms with Gasteiger partial charge >= 0.3 is 0 Å². The summed E-state index contributed by atoms with van der Waals surface area (Å²) in [6.45, 7) is 1.02. The predicted octanol–water partition coefficient (Wildman–Crippen LogP) is 1.91. The lowest BCUT2D eigenvalue weighted by Gasteiger charge is -2.06. The molecule has 1 aromatic carbocycles. The van der Waals surface area contributed by atoms with Gasteiger partial charge < -0.3 is 10.1 Å². The number of benzene rings is 1. The fourth-order valence-electron chi connectivity index (χ4n) is 1.51. The fourth-order valence-corrected chi connectivity index (χ4v) is 2.43. The van der Waals surface area contributed by atoms with Crippen molar-refractivity contribution in [2.75, 3.05) is 20.3 Å². The molecule has 0 aromatic heterocycles. The molecule has 112 valence electrons. The first-order valence-corrected chi connectivity index (χ1v) is 8.18. The van der Waals surface area contributed by atoms with Crippen LogP contribution in [0.2, 0.25) is 0 Å². The molecule has 0 aliphatic heterocycles. The molecule has 0 aliphatic rings. The Morgan fingerprint density at radius 3 is 2.70 bits per heavy atom. The van der Waals surface area contributed by atoms with Crippen LogP contribution in [0.5, 0.6) is 0 Å². The third kappa shape index (κ3) is 5.07. The molecule has 1 amide bonds. The summed E-state index contributed by atoms with van der Waals surface area (Å²) in [4.78, 5) is 11.1. The molecule has 1 rings (SSSR count). The van der Waals surface area contributed by atoms with Crippen molar-refractivity contribution in [2.24, 2.45) is 0 Å². The van der Waals surface area contributed by atoms with Gasteiger partial charge in [0.15, 0.2) is 0 Å². The van der Waals surface area contributed by atoms with Gasteiger partial charge in [0, 0.05) is 36.5 Å². The lowest BCUT2D eigenvalue weighted by molar-refractivity contribution is 0.0951. The first-order valence-electron chi connectivity index (χ1n) is 5.87. The van der Waals surface area contributed by atoms with Gasteiger partial charge in [0.05, 0.1) is 0 Å². The quantitative estimate of drug-likeness (QED) is 0.614. The minimum atomic E-state index is -4.22. The number of carbonyl (C=O) groups excluding carboxylic acids is 1. The zero-order chi connectivity index (χ0) is 15.2. The number of unbranched alkanes of at least 4 members (excludes halogenated alkanes) is 1. The molecule has 0 spiro atoms. The van der Waals surface area contributed by atoms with E-state index in [-0.39, 0.29) is 5.56 Å². The van der Waals surface area contributed by atoms with Crippen LogP contribution in [0.25, 0.3) is 0 Å². The van der Waals surface area contributed by atoms with E-state index in [1.165, 1.54) is 6.07 Å². The minimum Gasteiger partial charge on any atom is -0.385 e. The topological polar surface area (TPSA) is 72.5 Å². The number of hydrogen-bond donors (Lipinski definition) is 1. The van der Waals surface area contributed by atoms with E-state index in [2.05, 4.69) is 5.32 Å². The van der Waals surface area contributed by atoms with Crippen LogP contribution in [0.1, 0.15) is 23.2 Å². The van der Waals surface area contributed by atoms with Gasteiger partial charge in [0.25, 0.3) is 15.0 Å². The highest BCUT2D eigenvalue weighted by molar-refractivity contribution is 8.13. The summed E-state index contributed by atoms with van der Waals surface area (Å²) >= 11 is 0. The van der Waals surface area contributed by atoms with Gasteiger partial charge in [-0.15, -0.1) is 0 Å². The molecule has 0 bridgehead atoms. The van der Waals surface area contributed by atoms with E-state index >= 15 is 0 Å². The number of ether oxygens (including phenoxy) is 1. The van der Waals surface area contributed by atoms with Crippen LogP contribution in [0.3, 0.4) is 0 Å². The molecule has 0 atom stereocenters. The van der Waals surface area contributed by atoms with Crippen molar-refractivity contribution in [3.8, 4) is 0 Å². The number of halogens is 2. The van der Waals surface area contributed by atoms with Gasteiger partial charge in [-0.3, -0.25) is 4.79 Å². The van der Waals surface area contributed by atoms with E-state index in [1.54, 1.807) is 7.11 Å². The molecule has 1 aromatic rings. The van der Waals surface area contributed by atoms with E-state index in [0.29, 0.717) is 13.2 Å². The first kappa shape index (κ1) is 16.9. The Morgan fingerprint density at radius 1 is 1.40 bits per heavy atom. The standard InChI is InChI=1S/C12H15ClFNO4S/c1-19-7-3-2-6-15-12(16)9-4-5-10(14)11(8-9)20(13,17)18/h4-5,8H,2-3,6-7H2,1H3,(H,15,16). The number of nitrogens with one attached hydrogen (secondary N) is 1. The third-order valence-electron chi connectivity index (χ3n) is 2.52. The number of amides is 1. The van der Waals surface area contributed by atoms with Crippen molar-refractivity contribution in [1.29, 1.82) is 0 Å². The van der Waals surface area contributed by atoms with E-state index in [9.17, 15) is 17.6 Å². The largest absolute Gasteiger partial charge is 0.385 e. The number of methoxy groups -OCH3 is 1. The molecule has 0 fully saturated rings. The Morgan fingerprint density at radius 2 is 2.10 bits per heavy atom. The van der Waals surface area contributed by atoms with Crippen LogP contribution in [0.4, 0.5) is 4.39 Å². The van der Waals surface area contributed by atoms with Gasteiger partial charge in [-0.25, -0.2) is 12.8 Å². The maximum atomic E-state index is 13.3. The molecule has 0 unspecified atom stereocenters. The summed E-state index contributed by atoms with van der Waals surface area (Å²) in [6.07, 6.45) is 1.52. The zero-order valence-corrected chi connectivity index (χ0v) is 12.4. The van der Waals surface area contributed by atoms with Crippen molar-refractivity contribution in [3.63, 3.8) is 0 Å². The third-order valence-corrected chi connectivity index (χ3v) is 3.85. The smallest absolute Gasteiger partial charge is 0.264 e. The Labute approximate surface area is 121 Å². The van der Waals surface area contributed by atoms with Crippen LogP contribution < -0.4 is 5.32 Å². The highest BCUT2D eigenvalue weighted by Crippen LogP contribution is 2.20. The summed E-state index contributed by atoms with van der Waals surface area (Å²) in [7, 11) is 2.46. The summed E-state index contributed by atoms with van der Waals surface area (Å²) in [5.74, 6) is -1.47. The van der Waals surface area contributed by atoms with Crippen molar-refractivity contribution < 1.29 is 22.3 Å². The molecule has 0 saturated carbocycles. The molecule has 20 heavy (non-hydrogen) atoms. The van der Waals surface area contributed by atoms with Crippen molar-refractivity contribution in [3.05, 3.63) is 29.6 Å². The second kappa shape index (κ2) is 7.56. The summed E-state index contributed by atoms with van der Waals surface area (Å²) in [5.41, 5.74) is 0.0392. The van der Waals surface area contributed by atoms with Gasteiger partial charge in [-0.05, 0) is 31.0 Å². The van der Waals surface area contributed by atoms with Crippen LogP contribution >= 0.6 is 10.7 Å². The first-order chi connectivity index (χ1) is 9.36. The average Bonchev–Trinajstić information content (AvgIpc) is 2.37. The molecular formula is C12H15ClFNO4S. The minimum absolute atomic E-state index is 0.0392. The van der Waals surface area contributed by atoms with E-state index in [1.807, 2.05) is 0 Å². The van der Waals surface area contributed by atoms with E-state index in [4.69, 9.17) is 15.4 Å². The van der Waals surface area contributed by atoms with E-state index in [0.717, 1.165) is 25.0 Å². The lowest BCUT2D eigenvalue weighted by atomic mass is 10.2. The molecule has 1 N–H and O–H groups in total. The Bertz CT molecular complexity index is 577. The monoisotopic (exact) mass is 323 g/mol. The SMILES string of the molecule is COCCCCNC(=O)c1ccc(F)c(S(=O)(=O)Cl)c1. The number of rotatable bonds is 7. The molecule has 0 heterocycles. The molecular weight excluding hydrogens is 309 g/mol. The fraction of sp³-hybridized carbons (Fsp3) is 0.417. The van der Waals surface area contributed by atoms with Crippen molar-refractivity contribution in [2.45, 2.75) is 17.7 Å².